The van der Waals surface area contributed by atoms with Crippen molar-refractivity contribution >= 4 is 17.5 Å². The number of anilines is 2. The van der Waals surface area contributed by atoms with E-state index in [4.69, 9.17) is 5.73 Å². The zero-order valence-corrected chi connectivity index (χ0v) is 19.4. The minimum atomic E-state index is -0.441. The van der Waals surface area contributed by atoms with Gasteiger partial charge in [0.15, 0.2) is 11.6 Å². The van der Waals surface area contributed by atoms with E-state index in [0.717, 1.165) is 37.2 Å². The van der Waals surface area contributed by atoms with Gasteiger partial charge in [-0.1, -0.05) is 12.1 Å². The van der Waals surface area contributed by atoms with Crippen LogP contribution in [0.25, 0.3) is 5.69 Å². The van der Waals surface area contributed by atoms with Crippen molar-refractivity contribution in [2.45, 2.75) is 26.3 Å². The molecule has 0 bridgehead atoms. The first-order chi connectivity index (χ1) is 16.5. The fourth-order valence-electron chi connectivity index (χ4n) is 4.25. The number of nitrogens with one attached hydrogen (secondary N) is 1. The summed E-state index contributed by atoms with van der Waals surface area (Å²) in [6.07, 6.45) is 6.89. The summed E-state index contributed by atoms with van der Waals surface area (Å²) in [6, 6.07) is 9.90. The molecule has 0 unspecified atom stereocenters. The summed E-state index contributed by atoms with van der Waals surface area (Å²) in [5.41, 5.74) is 7.30. The predicted molar refractivity (Wildman–Crippen MR) is 129 cm³/mol. The molecule has 4 rings (SSSR count). The van der Waals surface area contributed by atoms with Crippen LogP contribution < -0.4 is 16.0 Å². The Morgan fingerprint density at radius 2 is 2.00 bits per heavy atom. The highest BCUT2D eigenvalue weighted by atomic mass is 19.1. The van der Waals surface area contributed by atoms with Gasteiger partial charge in [-0.25, -0.2) is 14.6 Å². The molecule has 3 aromatic rings. The lowest BCUT2D eigenvalue weighted by atomic mass is 9.97. The highest BCUT2D eigenvalue weighted by Crippen LogP contribution is 2.24. The number of likely N-dealkylation sites (tertiary alicyclic amines) is 1. The number of amides is 1. The molecule has 34 heavy (non-hydrogen) atoms. The maximum absolute atomic E-state index is 15.3. The van der Waals surface area contributed by atoms with Crippen LogP contribution in [0.5, 0.6) is 0 Å². The molecule has 0 spiro atoms. The van der Waals surface area contributed by atoms with Crippen LogP contribution in [0.2, 0.25) is 0 Å². The van der Waals surface area contributed by atoms with Crippen molar-refractivity contribution in [1.29, 1.82) is 0 Å². The molecule has 2 aromatic heterocycles. The van der Waals surface area contributed by atoms with Crippen molar-refractivity contribution in [2.24, 2.45) is 11.7 Å². The third kappa shape index (κ3) is 5.88. The first kappa shape index (κ1) is 23.6. The number of benzene rings is 1. The predicted octanol–water partition coefficient (Wildman–Crippen LogP) is 2.44. The van der Waals surface area contributed by atoms with Crippen LogP contribution >= 0.6 is 0 Å². The molecular formula is C24H31FN8O. The Balaban J connectivity index is 1.36. The van der Waals surface area contributed by atoms with Gasteiger partial charge in [0.1, 0.15) is 6.33 Å². The van der Waals surface area contributed by atoms with Gasteiger partial charge in [-0.05, 0) is 62.5 Å². The lowest BCUT2D eigenvalue weighted by Gasteiger charge is -2.31. The van der Waals surface area contributed by atoms with Crippen molar-refractivity contribution in [3.63, 3.8) is 0 Å². The lowest BCUT2D eigenvalue weighted by Crippen LogP contribution is -2.40. The number of rotatable bonds is 10. The van der Waals surface area contributed by atoms with Crippen molar-refractivity contribution in [1.82, 2.24) is 24.6 Å². The second kappa shape index (κ2) is 11.1. The van der Waals surface area contributed by atoms with E-state index in [9.17, 15) is 4.79 Å². The molecular weight excluding hydrogens is 435 g/mol. The number of halogens is 1. The van der Waals surface area contributed by atoms with Gasteiger partial charge in [-0.3, -0.25) is 9.69 Å². The van der Waals surface area contributed by atoms with Crippen LogP contribution in [0.4, 0.5) is 16.0 Å². The number of hydrogen-bond acceptors (Lipinski definition) is 7. The van der Waals surface area contributed by atoms with Gasteiger partial charge in [0.05, 0.1) is 12.2 Å². The Hall–Kier alpha value is -3.53. The van der Waals surface area contributed by atoms with Crippen molar-refractivity contribution in [3.8, 4) is 5.69 Å². The average Bonchev–Trinajstić information content (AvgIpc) is 3.38. The average molecular weight is 467 g/mol. The van der Waals surface area contributed by atoms with Gasteiger partial charge >= 0.3 is 0 Å². The molecule has 0 aliphatic carbocycles. The van der Waals surface area contributed by atoms with E-state index >= 15 is 4.39 Å². The summed E-state index contributed by atoms with van der Waals surface area (Å²) in [5, 5.41) is 7.41. The minimum Gasteiger partial charge on any atom is -0.369 e. The van der Waals surface area contributed by atoms with E-state index in [1.165, 1.54) is 6.33 Å². The molecule has 1 amide bonds. The summed E-state index contributed by atoms with van der Waals surface area (Å²) >= 11 is 0. The largest absolute Gasteiger partial charge is 0.369 e. The molecule has 3 N–H and O–H groups in total. The Bertz CT molecular complexity index is 1070. The van der Waals surface area contributed by atoms with Crippen LogP contribution in [0.1, 0.15) is 25.3 Å². The van der Waals surface area contributed by atoms with E-state index in [-0.39, 0.29) is 17.5 Å². The monoisotopic (exact) mass is 466 g/mol. The van der Waals surface area contributed by atoms with Crippen molar-refractivity contribution in [2.75, 3.05) is 42.9 Å². The molecule has 10 heteroatoms. The summed E-state index contributed by atoms with van der Waals surface area (Å²) in [6.45, 7) is 5.66. The van der Waals surface area contributed by atoms with Crippen LogP contribution in [-0.4, -0.2) is 63.3 Å². The van der Waals surface area contributed by atoms with Gasteiger partial charge in [-0.15, -0.1) is 0 Å². The van der Waals surface area contributed by atoms with Gasteiger partial charge < -0.3 is 16.0 Å². The zero-order valence-electron chi connectivity index (χ0n) is 19.4. The molecule has 0 atom stereocenters. The van der Waals surface area contributed by atoms with Crippen LogP contribution in [-0.2, 0) is 11.3 Å². The summed E-state index contributed by atoms with van der Waals surface area (Å²) in [4.78, 5) is 23.4. The summed E-state index contributed by atoms with van der Waals surface area (Å²) < 4.78 is 17.1. The van der Waals surface area contributed by atoms with Crippen LogP contribution in [0.15, 0.2) is 49.1 Å². The van der Waals surface area contributed by atoms with Gasteiger partial charge in [0.25, 0.3) is 0 Å². The maximum atomic E-state index is 15.3. The number of nitrogens with zero attached hydrogens (tertiary/aromatic N) is 6. The van der Waals surface area contributed by atoms with E-state index in [1.807, 2.05) is 48.4 Å². The quantitative estimate of drug-likeness (QED) is 0.473. The topological polar surface area (TPSA) is 105 Å². The Morgan fingerprint density at radius 1 is 1.24 bits per heavy atom. The molecule has 180 valence electrons. The molecule has 1 aliphatic rings. The summed E-state index contributed by atoms with van der Waals surface area (Å²) in [5.74, 6) is 0.146. The third-order valence-electron chi connectivity index (χ3n) is 6.18. The molecule has 1 aliphatic heterocycles. The SMILES string of the molecule is CCN(Cc1ccc(-n2cccn2)cc1)c1ncnc(NCC2CCN(CC(N)=O)CC2)c1F. The van der Waals surface area contributed by atoms with Crippen LogP contribution in [0.3, 0.4) is 0 Å². The zero-order chi connectivity index (χ0) is 23.9. The molecule has 1 aromatic carbocycles. The van der Waals surface area contributed by atoms with E-state index in [1.54, 1.807) is 10.9 Å². The number of piperidine rings is 1. The maximum Gasteiger partial charge on any atom is 0.231 e. The molecule has 0 saturated carbocycles. The highest BCUT2D eigenvalue weighted by molar-refractivity contribution is 5.75. The molecule has 3 heterocycles. The Morgan fingerprint density at radius 3 is 2.65 bits per heavy atom. The number of carbonyl (C=O) groups is 1. The molecule has 9 nitrogen and oxygen atoms in total. The van der Waals surface area contributed by atoms with Gasteiger partial charge in [0, 0.05) is 32.0 Å². The third-order valence-corrected chi connectivity index (χ3v) is 6.18. The second-order valence-electron chi connectivity index (χ2n) is 8.56. The van der Waals surface area contributed by atoms with Gasteiger partial charge in [-0.2, -0.15) is 9.49 Å². The molecule has 0 radical (unpaired) electrons. The van der Waals surface area contributed by atoms with Crippen molar-refractivity contribution in [3.05, 3.63) is 60.4 Å². The molecule has 1 fully saturated rings. The second-order valence-corrected chi connectivity index (χ2v) is 8.56. The van der Waals surface area contributed by atoms with E-state index in [0.29, 0.717) is 32.1 Å². The first-order valence-corrected chi connectivity index (χ1v) is 11.6. The number of primary amides is 1. The Labute approximate surface area is 198 Å². The lowest BCUT2D eigenvalue weighted by molar-refractivity contribution is -0.119. The number of hydrogen-bond donors (Lipinski definition) is 2. The molecule has 1 saturated heterocycles. The smallest absolute Gasteiger partial charge is 0.231 e. The van der Waals surface area contributed by atoms with Gasteiger partial charge in [0.2, 0.25) is 11.7 Å². The number of carbonyl (C=O) groups excluding carboxylic acids is 1. The number of aromatic nitrogens is 4. The minimum absolute atomic E-state index is 0.219. The highest BCUT2D eigenvalue weighted by Gasteiger charge is 2.22. The fraction of sp³-hybridized carbons (Fsp3) is 0.417. The van der Waals surface area contributed by atoms with E-state index < -0.39 is 5.82 Å². The standard InChI is InChI=1S/C24H31FN8O/c1-2-32(15-19-4-6-20(7-5-19)33-11-3-10-30-33)24-22(25)23(28-17-29-24)27-14-18-8-12-31(13-9-18)16-21(26)34/h3-7,10-11,17-18H,2,8-9,12-16H2,1H3,(H2,26,34)(H,27,28,29). The Kier molecular flexibility index (Phi) is 7.69. The van der Waals surface area contributed by atoms with Crippen molar-refractivity contribution < 1.29 is 9.18 Å². The van der Waals surface area contributed by atoms with E-state index in [2.05, 4.69) is 25.3 Å². The summed E-state index contributed by atoms with van der Waals surface area (Å²) in [7, 11) is 0. The normalized spacial score (nSPS) is 14.8. The first-order valence-electron chi connectivity index (χ1n) is 11.6. The number of nitrogens with two attached hydrogens (primary N) is 1. The fourth-order valence-corrected chi connectivity index (χ4v) is 4.25. The van der Waals surface area contributed by atoms with Crippen LogP contribution in [0, 0.1) is 11.7 Å².